The summed E-state index contributed by atoms with van der Waals surface area (Å²) in [5.41, 5.74) is -0.144. The van der Waals surface area contributed by atoms with Crippen molar-refractivity contribution in [2.45, 2.75) is 24.9 Å². The zero-order chi connectivity index (χ0) is 14.6. The Hall–Kier alpha value is -0.600. The van der Waals surface area contributed by atoms with Crippen LogP contribution in [0.15, 0.2) is 21.6 Å². The van der Waals surface area contributed by atoms with Gasteiger partial charge in [0.15, 0.2) is 0 Å². The number of rotatable bonds is 6. The topological polar surface area (TPSA) is 80.6 Å². The molecule has 8 heteroatoms. The maximum absolute atomic E-state index is 12.2. The van der Waals surface area contributed by atoms with E-state index in [1.165, 1.54) is 6.07 Å². The van der Waals surface area contributed by atoms with Crippen LogP contribution in [0.5, 0.6) is 0 Å². The molecule has 1 aromatic heterocycles. The van der Waals surface area contributed by atoms with Gasteiger partial charge in [0.2, 0.25) is 5.09 Å². The molecule has 122 valence electrons. The Balaban J connectivity index is 0.00000220. The number of hydrogen-bond donors (Lipinski definition) is 2. The molecular weight excluding hydrogens is 316 g/mol. The molecule has 0 atom stereocenters. The monoisotopic (exact) mass is 338 g/mol. The molecule has 2 heterocycles. The van der Waals surface area contributed by atoms with Gasteiger partial charge in [-0.2, -0.15) is 0 Å². The molecule has 0 unspecified atom stereocenters. The minimum absolute atomic E-state index is 0. The number of piperidine rings is 1. The number of sulfonamides is 1. The molecule has 2 N–H and O–H groups in total. The first-order valence-corrected chi connectivity index (χ1v) is 8.22. The van der Waals surface area contributed by atoms with Gasteiger partial charge in [-0.25, -0.2) is 13.1 Å². The number of hydrogen-bond acceptors (Lipinski definition) is 5. The SMILES string of the molecule is COCC1(CNS(=O)(=O)c2ccc(C)o2)CCNCC1.Cl. The van der Waals surface area contributed by atoms with Gasteiger partial charge in [-0.15, -0.1) is 12.4 Å². The van der Waals surface area contributed by atoms with Gasteiger partial charge < -0.3 is 14.5 Å². The summed E-state index contributed by atoms with van der Waals surface area (Å²) in [5, 5.41) is 3.25. The molecule has 0 saturated carbocycles. The summed E-state index contributed by atoms with van der Waals surface area (Å²) in [6.45, 7) is 4.40. The van der Waals surface area contributed by atoms with Crippen molar-refractivity contribution in [3.63, 3.8) is 0 Å². The van der Waals surface area contributed by atoms with Crippen LogP contribution in [0.25, 0.3) is 0 Å². The normalized spacial score (nSPS) is 18.2. The van der Waals surface area contributed by atoms with Gasteiger partial charge >= 0.3 is 0 Å². The number of furan rings is 1. The Morgan fingerprint density at radius 3 is 2.57 bits per heavy atom. The third kappa shape index (κ3) is 4.69. The molecule has 1 aliphatic heterocycles. The standard InChI is InChI=1S/C13H22N2O4S.ClH/c1-11-3-4-12(19-11)20(16,17)15-9-13(10-18-2)5-7-14-8-6-13;/h3-4,14-15H,5-10H2,1-2H3;1H. The summed E-state index contributed by atoms with van der Waals surface area (Å²) in [4.78, 5) is 0. The number of nitrogens with one attached hydrogen (secondary N) is 2. The summed E-state index contributed by atoms with van der Waals surface area (Å²) in [5.74, 6) is 0.582. The fraction of sp³-hybridized carbons (Fsp3) is 0.692. The summed E-state index contributed by atoms with van der Waals surface area (Å²) >= 11 is 0. The van der Waals surface area contributed by atoms with Gasteiger partial charge in [0.25, 0.3) is 10.0 Å². The second-order valence-corrected chi connectivity index (χ2v) is 7.07. The van der Waals surface area contributed by atoms with Crippen LogP contribution in [-0.4, -0.2) is 41.8 Å². The van der Waals surface area contributed by atoms with Gasteiger partial charge in [-0.05, 0) is 45.0 Å². The molecule has 0 spiro atoms. The van der Waals surface area contributed by atoms with E-state index in [0.717, 1.165) is 25.9 Å². The second kappa shape index (κ2) is 7.60. The van der Waals surface area contributed by atoms with Gasteiger partial charge in [0, 0.05) is 19.1 Å². The molecule has 21 heavy (non-hydrogen) atoms. The van der Waals surface area contributed by atoms with E-state index in [1.807, 2.05) is 0 Å². The van der Waals surface area contributed by atoms with Crippen LogP contribution in [0.2, 0.25) is 0 Å². The van der Waals surface area contributed by atoms with Crippen molar-refractivity contribution in [3.8, 4) is 0 Å². The molecule has 0 radical (unpaired) electrons. The van der Waals surface area contributed by atoms with Crippen molar-refractivity contribution in [1.82, 2.24) is 10.0 Å². The van der Waals surface area contributed by atoms with Gasteiger partial charge in [0.05, 0.1) is 6.61 Å². The van der Waals surface area contributed by atoms with Crippen LogP contribution in [0, 0.1) is 12.3 Å². The molecule has 1 aliphatic rings. The van der Waals surface area contributed by atoms with Crippen molar-refractivity contribution >= 4 is 22.4 Å². The zero-order valence-corrected chi connectivity index (χ0v) is 14.0. The molecule has 6 nitrogen and oxygen atoms in total. The minimum atomic E-state index is -3.59. The lowest BCUT2D eigenvalue weighted by molar-refractivity contribution is 0.0576. The number of aryl methyl sites for hydroxylation is 1. The lowest BCUT2D eigenvalue weighted by atomic mass is 9.80. The van der Waals surface area contributed by atoms with Crippen molar-refractivity contribution in [2.24, 2.45) is 5.41 Å². The fourth-order valence-corrected chi connectivity index (χ4v) is 3.64. The van der Waals surface area contributed by atoms with Gasteiger partial charge in [-0.1, -0.05) is 0 Å². The number of halogens is 1. The average Bonchev–Trinajstić information content (AvgIpc) is 2.86. The summed E-state index contributed by atoms with van der Waals surface area (Å²) in [7, 11) is -1.94. The fourth-order valence-electron chi connectivity index (χ4n) is 2.51. The van der Waals surface area contributed by atoms with Gasteiger partial charge in [-0.3, -0.25) is 0 Å². The highest BCUT2D eigenvalue weighted by Crippen LogP contribution is 2.29. The molecular formula is C13H23ClN2O4S. The van der Waals surface area contributed by atoms with Crippen molar-refractivity contribution in [1.29, 1.82) is 0 Å². The van der Waals surface area contributed by atoms with E-state index >= 15 is 0 Å². The van der Waals surface area contributed by atoms with Crippen LogP contribution in [-0.2, 0) is 14.8 Å². The molecule has 0 aliphatic carbocycles. The highest BCUT2D eigenvalue weighted by atomic mass is 35.5. The maximum Gasteiger partial charge on any atom is 0.273 e. The van der Waals surface area contributed by atoms with Crippen molar-refractivity contribution in [3.05, 3.63) is 17.9 Å². The van der Waals surface area contributed by atoms with E-state index in [4.69, 9.17) is 9.15 Å². The number of ether oxygens (including phenoxy) is 1. The minimum Gasteiger partial charge on any atom is -0.449 e. The largest absolute Gasteiger partial charge is 0.449 e. The highest BCUT2D eigenvalue weighted by molar-refractivity contribution is 7.89. The van der Waals surface area contributed by atoms with E-state index in [2.05, 4.69) is 10.0 Å². The number of methoxy groups -OCH3 is 1. The molecule has 0 aromatic carbocycles. The first-order valence-electron chi connectivity index (χ1n) is 6.73. The zero-order valence-electron chi connectivity index (χ0n) is 12.3. The van der Waals surface area contributed by atoms with Gasteiger partial charge in [0.1, 0.15) is 5.76 Å². The lowest BCUT2D eigenvalue weighted by Gasteiger charge is -2.36. The first kappa shape index (κ1) is 18.4. The quantitative estimate of drug-likeness (QED) is 0.817. The molecule has 1 saturated heterocycles. The summed E-state index contributed by atoms with van der Waals surface area (Å²) < 4.78 is 37.5. The van der Waals surface area contributed by atoms with Crippen LogP contribution in [0.1, 0.15) is 18.6 Å². The third-order valence-corrected chi connectivity index (χ3v) is 5.01. The molecule has 1 fully saturated rings. The van der Waals surface area contributed by atoms with Crippen molar-refractivity contribution in [2.75, 3.05) is 33.4 Å². The first-order chi connectivity index (χ1) is 9.47. The molecule has 2 rings (SSSR count). The van der Waals surface area contributed by atoms with E-state index in [-0.39, 0.29) is 22.9 Å². The van der Waals surface area contributed by atoms with Crippen LogP contribution >= 0.6 is 12.4 Å². The highest BCUT2D eigenvalue weighted by Gasteiger charge is 2.34. The summed E-state index contributed by atoms with van der Waals surface area (Å²) in [6, 6.07) is 3.12. The Labute approximate surface area is 132 Å². The Morgan fingerprint density at radius 2 is 2.05 bits per heavy atom. The molecule has 1 aromatic rings. The third-order valence-electron chi connectivity index (χ3n) is 3.73. The Morgan fingerprint density at radius 1 is 1.38 bits per heavy atom. The molecule has 0 amide bonds. The summed E-state index contributed by atoms with van der Waals surface area (Å²) in [6.07, 6.45) is 1.78. The van der Waals surface area contributed by atoms with E-state index in [0.29, 0.717) is 18.9 Å². The van der Waals surface area contributed by atoms with E-state index in [9.17, 15) is 8.42 Å². The second-order valence-electron chi connectivity index (χ2n) is 5.37. The average molecular weight is 339 g/mol. The van der Waals surface area contributed by atoms with Crippen LogP contribution < -0.4 is 10.0 Å². The van der Waals surface area contributed by atoms with Crippen LogP contribution in [0.3, 0.4) is 0 Å². The Kier molecular flexibility index (Phi) is 6.68. The van der Waals surface area contributed by atoms with E-state index < -0.39 is 10.0 Å². The van der Waals surface area contributed by atoms with Crippen molar-refractivity contribution < 1.29 is 17.6 Å². The lowest BCUT2D eigenvalue weighted by Crippen LogP contribution is -2.47. The van der Waals surface area contributed by atoms with Crippen LogP contribution in [0.4, 0.5) is 0 Å². The molecule has 0 bridgehead atoms. The Bertz CT molecular complexity index is 533. The predicted molar refractivity (Wildman–Crippen MR) is 82.3 cm³/mol. The maximum atomic E-state index is 12.2. The van der Waals surface area contributed by atoms with E-state index in [1.54, 1.807) is 20.1 Å². The predicted octanol–water partition coefficient (Wildman–Crippen LogP) is 1.30. The smallest absolute Gasteiger partial charge is 0.273 e.